The van der Waals surface area contributed by atoms with E-state index in [9.17, 15) is 13.2 Å². The van der Waals surface area contributed by atoms with Gasteiger partial charge in [-0.25, -0.2) is 8.61 Å². The van der Waals surface area contributed by atoms with Gasteiger partial charge in [0.05, 0.1) is 12.2 Å². The summed E-state index contributed by atoms with van der Waals surface area (Å²) in [6, 6.07) is 4.16. The largest absolute Gasteiger partial charge is 0.408 e. The molecule has 1 saturated carbocycles. The fourth-order valence-corrected chi connectivity index (χ4v) is 4.08. The van der Waals surface area contributed by atoms with Crippen LogP contribution in [-0.2, 0) is 4.74 Å². The Bertz CT molecular complexity index is 551. The molecule has 0 bridgehead atoms. The zero-order valence-electron chi connectivity index (χ0n) is 12.6. The van der Waals surface area contributed by atoms with Crippen LogP contribution in [0.4, 0.5) is 13.2 Å². The van der Waals surface area contributed by atoms with Crippen molar-refractivity contribution in [2.75, 3.05) is 26.7 Å². The first-order valence-electron chi connectivity index (χ1n) is 7.41. The summed E-state index contributed by atoms with van der Waals surface area (Å²) >= 11 is 6.91. The van der Waals surface area contributed by atoms with Crippen LogP contribution in [0, 0.1) is 0 Å². The highest BCUT2D eigenvalue weighted by molar-refractivity contribution is 7.94. The zero-order valence-corrected chi connectivity index (χ0v) is 14.2. The van der Waals surface area contributed by atoms with E-state index in [-0.39, 0.29) is 11.2 Å². The van der Waals surface area contributed by atoms with Crippen LogP contribution in [0.5, 0.6) is 0 Å². The molecule has 3 nitrogen and oxygen atoms in total. The van der Waals surface area contributed by atoms with Crippen LogP contribution in [0.2, 0.25) is 5.02 Å². The summed E-state index contributed by atoms with van der Waals surface area (Å²) in [7, 11) is 1.48. The van der Waals surface area contributed by atoms with Crippen molar-refractivity contribution in [3.05, 3.63) is 34.9 Å². The van der Waals surface area contributed by atoms with Gasteiger partial charge in [0.15, 0.2) is 0 Å². The molecule has 1 heterocycles. The number of hydrogen-bond acceptors (Lipinski definition) is 4. The molecule has 1 aromatic rings. The second-order valence-electron chi connectivity index (χ2n) is 6.02. The number of nitrogens with zero attached hydrogens (tertiary/aromatic N) is 2. The van der Waals surface area contributed by atoms with E-state index in [2.05, 4.69) is 0 Å². The van der Waals surface area contributed by atoms with Gasteiger partial charge in [0.1, 0.15) is 6.04 Å². The van der Waals surface area contributed by atoms with E-state index in [1.165, 1.54) is 35.6 Å². The Morgan fingerprint density at radius 2 is 1.96 bits per heavy atom. The van der Waals surface area contributed by atoms with E-state index in [0.717, 1.165) is 25.0 Å². The molecule has 2 aliphatic rings. The molecular weight excluding hydrogens is 349 g/mol. The summed E-state index contributed by atoms with van der Waals surface area (Å²) < 4.78 is 49.6. The fourth-order valence-electron chi connectivity index (χ4n) is 2.80. The van der Waals surface area contributed by atoms with Crippen molar-refractivity contribution < 1.29 is 17.9 Å². The van der Waals surface area contributed by atoms with Gasteiger partial charge in [-0.05, 0) is 37.6 Å². The number of morpholine rings is 1. The molecule has 128 valence electrons. The molecule has 0 unspecified atom stereocenters. The van der Waals surface area contributed by atoms with Crippen molar-refractivity contribution >= 4 is 23.7 Å². The first-order chi connectivity index (χ1) is 10.8. The summed E-state index contributed by atoms with van der Waals surface area (Å²) in [6.45, 7) is 1.87. The average Bonchev–Trinajstić information content (AvgIpc) is 3.18. The Kier molecular flexibility index (Phi) is 4.86. The Morgan fingerprint density at radius 3 is 2.52 bits per heavy atom. The van der Waals surface area contributed by atoms with E-state index in [1.54, 1.807) is 0 Å². The van der Waals surface area contributed by atoms with Crippen molar-refractivity contribution in [1.82, 2.24) is 8.61 Å². The monoisotopic (exact) mass is 366 g/mol. The van der Waals surface area contributed by atoms with Crippen molar-refractivity contribution in [3.63, 3.8) is 0 Å². The van der Waals surface area contributed by atoms with Crippen molar-refractivity contribution in [2.45, 2.75) is 30.7 Å². The smallest absolute Gasteiger partial charge is 0.372 e. The minimum Gasteiger partial charge on any atom is -0.372 e. The van der Waals surface area contributed by atoms with Gasteiger partial charge in [-0.2, -0.15) is 13.2 Å². The molecule has 1 aromatic carbocycles. The summed E-state index contributed by atoms with van der Waals surface area (Å²) in [4.78, 5) is 0. The van der Waals surface area contributed by atoms with E-state index in [0.29, 0.717) is 24.7 Å². The van der Waals surface area contributed by atoms with E-state index in [4.69, 9.17) is 16.3 Å². The van der Waals surface area contributed by atoms with Crippen LogP contribution in [0.3, 0.4) is 0 Å². The van der Waals surface area contributed by atoms with Crippen molar-refractivity contribution in [2.24, 2.45) is 0 Å². The zero-order chi connectivity index (χ0) is 16.7. The second kappa shape index (κ2) is 6.44. The maximum absolute atomic E-state index is 13.5. The van der Waals surface area contributed by atoms with Crippen LogP contribution in [0.1, 0.15) is 24.4 Å². The molecule has 1 saturated heterocycles. The molecule has 0 amide bonds. The predicted molar refractivity (Wildman–Crippen MR) is 85.1 cm³/mol. The SMILES string of the molecule is CN(SN1CCOC2(CC2)C1)[C@H](c1ccc(Cl)cc1)C(F)(F)F. The van der Waals surface area contributed by atoms with Gasteiger partial charge in [-0.3, -0.25) is 0 Å². The molecule has 23 heavy (non-hydrogen) atoms. The first kappa shape index (κ1) is 17.4. The normalized spacial score (nSPS) is 22.5. The number of benzene rings is 1. The van der Waals surface area contributed by atoms with Gasteiger partial charge in [0, 0.05) is 30.2 Å². The minimum absolute atomic E-state index is 0.111. The van der Waals surface area contributed by atoms with Crippen LogP contribution in [0.15, 0.2) is 24.3 Å². The van der Waals surface area contributed by atoms with Crippen LogP contribution >= 0.6 is 23.7 Å². The predicted octanol–water partition coefficient (Wildman–Crippen LogP) is 4.30. The molecule has 0 radical (unpaired) electrons. The molecule has 3 rings (SSSR count). The topological polar surface area (TPSA) is 15.7 Å². The van der Waals surface area contributed by atoms with E-state index in [1.807, 2.05) is 4.31 Å². The first-order valence-corrected chi connectivity index (χ1v) is 8.52. The Balaban J connectivity index is 1.72. The fraction of sp³-hybridized carbons (Fsp3) is 0.600. The molecule has 8 heteroatoms. The third-order valence-electron chi connectivity index (χ3n) is 4.12. The summed E-state index contributed by atoms with van der Waals surface area (Å²) in [5.41, 5.74) is 0.0754. The lowest BCUT2D eigenvalue weighted by molar-refractivity contribution is -0.170. The lowest BCUT2D eigenvalue weighted by atomic mass is 10.1. The maximum Gasteiger partial charge on any atom is 0.408 e. The number of halogens is 4. The molecule has 2 fully saturated rings. The number of rotatable bonds is 4. The summed E-state index contributed by atoms with van der Waals surface area (Å²) in [5.74, 6) is 0. The van der Waals surface area contributed by atoms with Gasteiger partial charge in [0.2, 0.25) is 0 Å². The molecule has 1 aliphatic heterocycles. The molecule has 1 aliphatic carbocycles. The average molecular weight is 367 g/mol. The van der Waals surface area contributed by atoms with Crippen LogP contribution in [0.25, 0.3) is 0 Å². The van der Waals surface area contributed by atoms with Crippen LogP contribution < -0.4 is 0 Å². The van der Waals surface area contributed by atoms with Gasteiger partial charge in [0.25, 0.3) is 0 Å². The number of alkyl halides is 3. The summed E-state index contributed by atoms with van der Waals surface area (Å²) in [5, 5.41) is 0.425. The molecule has 0 aromatic heterocycles. The maximum atomic E-state index is 13.5. The number of hydrogen-bond donors (Lipinski definition) is 0. The Hall–Kier alpha value is -0.470. The quantitative estimate of drug-likeness (QED) is 0.738. The lowest BCUT2D eigenvalue weighted by Gasteiger charge is -2.37. The van der Waals surface area contributed by atoms with Crippen molar-refractivity contribution in [3.8, 4) is 0 Å². The standard InChI is InChI=1S/C15H18ClF3N2OS/c1-20(23-21-8-9-22-14(10-21)6-7-14)13(15(17,18)19)11-2-4-12(16)5-3-11/h2-5,13H,6-10H2,1H3/t13-/m1/s1. The van der Waals surface area contributed by atoms with Crippen LogP contribution in [-0.4, -0.2) is 47.1 Å². The second-order valence-corrected chi connectivity index (χ2v) is 7.71. The lowest BCUT2D eigenvalue weighted by Crippen LogP contribution is -2.43. The van der Waals surface area contributed by atoms with Crippen molar-refractivity contribution in [1.29, 1.82) is 0 Å². The Morgan fingerprint density at radius 1 is 1.30 bits per heavy atom. The van der Waals surface area contributed by atoms with E-state index >= 15 is 0 Å². The van der Waals surface area contributed by atoms with Gasteiger partial charge in [-0.15, -0.1) is 0 Å². The van der Waals surface area contributed by atoms with Gasteiger partial charge in [-0.1, -0.05) is 23.7 Å². The molecule has 0 N–H and O–H groups in total. The van der Waals surface area contributed by atoms with E-state index < -0.39 is 12.2 Å². The minimum atomic E-state index is -4.36. The highest BCUT2D eigenvalue weighted by atomic mass is 35.5. The molecule has 1 spiro atoms. The van der Waals surface area contributed by atoms with Gasteiger partial charge < -0.3 is 4.74 Å². The third-order valence-corrected chi connectivity index (χ3v) is 5.39. The number of ether oxygens (including phenoxy) is 1. The molecular formula is C15H18ClF3N2OS. The Labute approximate surface area is 143 Å². The molecule has 1 atom stereocenters. The highest BCUT2D eigenvalue weighted by Gasteiger charge is 2.49. The third kappa shape index (κ3) is 4.14. The summed E-state index contributed by atoms with van der Waals surface area (Å²) in [6.07, 6.45) is -2.37. The van der Waals surface area contributed by atoms with Gasteiger partial charge >= 0.3 is 6.18 Å². The highest BCUT2D eigenvalue weighted by Crippen LogP contribution is 2.45.